The van der Waals surface area contributed by atoms with Crippen LogP contribution in [0, 0.1) is 4.64 Å². The highest BCUT2D eigenvalue weighted by Crippen LogP contribution is 2.43. The second kappa shape index (κ2) is 5.21. The number of para-hydroxylation sites is 1. The molecular weight excluding hydrogens is 348 g/mol. The van der Waals surface area contributed by atoms with Crippen molar-refractivity contribution in [2.24, 2.45) is 0 Å². The minimum atomic E-state index is 0.243. The molecule has 0 bridgehead atoms. The molecule has 2 aliphatic rings. The third-order valence-corrected chi connectivity index (χ3v) is 5.52. The van der Waals surface area contributed by atoms with Crippen LogP contribution in [-0.2, 0) is 6.42 Å². The van der Waals surface area contributed by atoms with Crippen LogP contribution in [0.1, 0.15) is 41.8 Å². The van der Waals surface area contributed by atoms with Gasteiger partial charge in [-0.05, 0) is 46.8 Å². The molecule has 2 heterocycles. The summed E-state index contributed by atoms with van der Waals surface area (Å²) >= 11 is 8.98. The maximum absolute atomic E-state index is 5.87. The Morgan fingerprint density at radius 2 is 2.05 bits per heavy atom. The van der Waals surface area contributed by atoms with E-state index >= 15 is 0 Å². The Balaban J connectivity index is 1.70. The Labute approximate surface area is 136 Å². The number of nitrogens with one attached hydrogen (secondary N) is 1. The molecule has 1 atom stereocenters. The van der Waals surface area contributed by atoms with Gasteiger partial charge in [-0.1, -0.05) is 30.4 Å². The average Bonchev–Trinajstić information content (AvgIpc) is 3.34. The predicted octanol–water partition coefficient (Wildman–Crippen LogP) is 4.50. The fourth-order valence-corrected chi connectivity index (χ4v) is 3.56. The van der Waals surface area contributed by atoms with Gasteiger partial charge >= 0.3 is 0 Å². The highest BCUT2D eigenvalue weighted by Gasteiger charge is 2.29. The van der Waals surface area contributed by atoms with Gasteiger partial charge in [-0.2, -0.15) is 0 Å². The SMILES string of the molecule is S=c1nc(C2COc3ccccc3C2)[nH]c(C2CC2)c1Br. The van der Waals surface area contributed by atoms with E-state index in [0.29, 0.717) is 17.2 Å². The average molecular weight is 363 g/mol. The second-order valence-corrected chi connectivity index (χ2v) is 6.93. The van der Waals surface area contributed by atoms with Crippen LogP contribution in [0.2, 0.25) is 0 Å². The topological polar surface area (TPSA) is 37.9 Å². The number of hydrogen-bond donors (Lipinski definition) is 1. The Morgan fingerprint density at radius 1 is 1.24 bits per heavy atom. The maximum Gasteiger partial charge on any atom is 0.144 e. The number of halogens is 1. The molecule has 0 amide bonds. The molecule has 1 aliphatic carbocycles. The van der Waals surface area contributed by atoms with Crippen LogP contribution in [0.3, 0.4) is 0 Å². The van der Waals surface area contributed by atoms with E-state index in [1.165, 1.54) is 24.1 Å². The Morgan fingerprint density at radius 3 is 2.86 bits per heavy atom. The monoisotopic (exact) mass is 362 g/mol. The largest absolute Gasteiger partial charge is 0.493 e. The fraction of sp³-hybridized carbons (Fsp3) is 0.375. The zero-order chi connectivity index (χ0) is 14.4. The summed E-state index contributed by atoms with van der Waals surface area (Å²) < 4.78 is 7.49. The molecule has 5 heteroatoms. The van der Waals surface area contributed by atoms with Gasteiger partial charge in [-0.15, -0.1) is 0 Å². The zero-order valence-corrected chi connectivity index (χ0v) is 13.8. The fourth-order valence-electron chi connectivity index (χ4n) is 2.84. The molecule has 21 heavy (non-hydrogen) atoms. The minimum absolute atomic E-state index is 0.243. The van der Waals surface area contributed by atoms with Crippen molar-refractivity contribution in [3.63, 3.8) is 0 Å². The van der Waals surface area contributed by atoms with E-state index in [9.17, 15) is 0 Å². The van der Waals surface area contributed by atoms with Crippen LogP contribution < -0.4 is 4.74 Å². The van der Waals surface area contributed by atoms with Crippen molar-refractivity contribution in [3.8, 4) is 5.75 Å². The van der Waals surface area contributed by atoms with Crippen LogP contribution in [0.4, 0.5) is 0 Å². The minimum Gasteiger partial charge on any atom is -0.493 e. The Bertz CT molecular complexity index is 754. The van der Waals surface area contributed by atoms with Crippen LogP contribution in [0.15, 0.2) is 28.7 Å². The van der Waals surface area contributed by atoms with Crippen molar-refractivity contribution in [2.45, 2.75) is 31.1 Å². The zero-order valence-electron chi connectivity index (χ0n) is 11.4. The first-order valence-corrected chi connectivity index (χ1v) is 8.43. The molecular formula is C16H15BrN2OS. The van der Waals surface area contributed by atoms with Crippen LogP contribution in [-0.4, -0.2) is 16.6 Å². The lowest BCUT2D eigenvalue weighted by molar-refractivity contribution is 0.257. The third-order valence-electron chi connectivity index (χ3n) is 4.16. The van der Waals surface area contributed by atoms with Crippen LogP contribution in [0.5, 0.6) is 5.75 Å². The Hall–Kier alpha value is -1.20. The number of H-pyrrole nitrogens is 1. The van der Waals surface area contributed by atoms with Gasteiger partial charge in [0.25, 0.3) is 0 Å². The molecule has 1 aromatic heterocycles. The van der Waals surface area contributed by atoms with E-state index in [-0.39, 0.29) is 5.92 Å². The van der Waals surface area contributed by atoms with Crippen molar-refractivity contribution in [1.82, 2.24) is 9.97 Å². The summed E-state index contributed by atoms with van der Waals surface area (Å²) in [5, 5.41) is 0. The van der Waals surface area contributed by atoms with E-state index < -0.39 is 0 Å². The lowest BCUT2D eigenvalue weighted by atomic mass is 9.96. The summed E-state index contributed by atoms with van der Waals surface area (Å²) in [4.78, 5) is 8.08. The number of aromatic amines is 1. The van der Waals surface area contributed by atoms with Crippen LogP contribution in [0.25, 0.3) is 0 Å². The number of nitrogens with zero attached hydrogens (tertiary/aromatic N) is 1. The summed E-state index contributed by atoms with van der Waals surface area (Å²) in [6, 6.07) is 8.21. The molecule has 4 rings (SSSR count). The number of benzene rings is 1. The van der Waals surface area contributed by atoms with Crippen molar-refractivity contribution in [1.29, 1.82) is 0 Å². The number of fused-ring (bicyclic) bond motifs is 1. The molecule has 0 radical (unpaired) electrons. The molecule has 1 aliphatic heterocycles. The summed E-state index contributed by atoms with van der Waals surface area (Å²) in [6.07, 6.45) is 3.41. The quantitative estimate of drug-likeness (QED) is 0.799. The first kappa shape index (κ1) is 13.5. The first-order valence-electron chi connectivity index (χ1n) is 7.22. The lowest BCUT2D eigenvalue weighted by Crippen LogP contribution is -2.21. The Kier molecular flexibility index (Phi) is 3.34. The van der Waals surface area contributed by atoms with E-state index in [1.54, 1.807) is 0 Å². The van der Waals surface area contributed by atoms with E-state index in [2.05, 4.69) is 38.0 Å². The number of rotatable bonds is 2. The van der Waals surface area contributed by atoms with Gasteiger partial charge in [0.05, 0.1) is 17.0 Å². The third kappa shape index (κ3) is 2.53. The van der Waals surface area contributed by atoms with Crippen molar-refractivity contribution >= 4 is 28.1 Å². The van der Waals surface area contributed by atoms with Gasteiger partial charge in [-0.25, -0.2) is 4.98 Å². The van der Waals surface area contributed by atoms with Crippen LogP contribution >= 0.6 is 28.1 Å². The molecule has 1 unspecified atom stereocenters. The molecule has 1 saturated carbocycles. The molecule has 0 spiro atoms. The summed E-state index contributed by atoms with van der Waals surface area (Å²) in [7, 11) is 0. The van der Waals surface area contributed by atoms with Gasteiger partial charge in [0.15, 0.2) is 0 Å². The van der Waals surface area contributed by atoms with E-state index in [1.807, 2.05) is 12.1 Å². The lowest BCUT2D eigenvalue weighted by Gasteiger charge is -2.25. The maximum atomic E-state index is 5.87. The summed E-state index contributed by atoms with van der Waals surface area (Å²) in [6.45, 7) is 0.654. The molecule has 0 saturated heterocycles. The molecule has 108 valence electrons. The summed E-state index contributed by atoms with van der Waals surface area (Å²) in [5.74, 6) is 2.80. The van der Waals surface area contributed by atoms with E-state index in [4.69, 9.17) is 17.0 Å². The van der Waals surface area contributed by atoms with Gasteiger partial charge < -0.3 is 9.72 Å². The van der Waals surface area contributed by atoms with Crippen molar-refractivity contribution < 1.29 is 4.74 Å². The van der Waals surface area contributed by atoms with Gasteiger partial charge in [0.2, 0.25) is 0 Å². The van der Waals surface area contributed by atoms with Crippen molar-refractivity contribution in [2.75, 3.05) is 6.61 Å². The summed E-state index contributed by atoms with van der Waals surface area (Å²) in [5.41, 5.74) is 2.45. The molecule has 1 fully saturated rings. The smallest absolute Gasteiger partial charge is 0.144 e. The van der Waals surface area contributed by atoms with E-state index in [0.717, 1.165) is 22.5 Å². The van der Waals surface area contributed by atoms with Crippen molar-refractivity contribution in [3.05, 3.63) is 50.5 Å². The van der Waals surface area contributed by atoms with Gasteiger partial charge in [-0.3, -0.25) is 0 Å². The first-order chi connectivity index (χ1) is 10.2. The predicted molar refractivity (Wildman–Crippen MR) is 87.5 cm³/mol. The highest BCUT2D eigenvalue weighted by atomic mass is 79.9. The van der Waals surface area contributed by atoms with Gasteiger partial charge in [0, 0.05) is 11.6 Å². The number of ether oxygens (including phenoxy) is 1. The highest BCUT2D eigenvalue weighted by molar-refractivity contribution is 9.10. The molecule has 1 aromatic carbocycles. The molecule has 3 nitrogen and oxygen atoms in total. The molecule has 2 aromatic rings. The number of hydrogen-bond acceptors (Lipinski definition) is 3. The standard InChI is InChI=1S/C16H15BrN2OS/c17-13-14(9-5-6-9)18-15(19-16(13)21)11-7-10-3-1-2-4-12(10)20-8-11/h1-4,9,11H,5-8H2,(H,18,19,21). The second-order valence-electron chi connectivity index (χ2n) is 5.75. The molecule has 1 N–H and O–H groups in total. The van der Waals surface area contributed by atoms with Gasteiger partial charge in [0.1, 0.15) is 16.2 Å². The number of aromatic nitrogens is 2. The normalized spacial score (nSPS) is 20.7.